The van der Waals surface area contributed by atoms with Crippen LogP contribution in [0.4, 0.5) is 14.5 Å². The molecule has 1 atom stereocenters. The lowest BCUT2D eigenvalue weighted by atomic mass is 9.96. The lowest BCUT2D eigenvalue weighted by Crippen LogP contribution is -2.44. The molecule has 0 saturated carbocycles. The summed E-state index contributed by atoms with van der Waals surface area (Å²) in [6.45, 7) is 1.51. The lowest BCUT2D eigenvalue weighted by molar-refractivity contribution is -0.141. The minimum absolute atomic E-state index is 0.119. The molecule has 1 aromatic rings. The Bertz CT molecular complexity index is 645. The van der Waals surface area contributed by atoms with Crippen molar-refractivity contribution in [2.24, 2.45) is 11.8 Å². The fraction of sp³-hybridized carbons (Fsp3) is 0.529. The van der Waals surface area contributed by atoms with E-state index < -0.39 is 17.6 Å². The second kappa shape index (κ2) is 6.84. The largest absolute Gasteiger partial charge is 0.396 e. The van der Waals surface area contributed by atoms with Gasteiger partial charge < -0.3 is 14.9 Å². The maximum atomic E-state index is 13.4. The van der Waals surface area contributed by atoms with E-state index >= 15 is 0 Å². The number of carbonyl (C=O) groups is 2. The Morgan fingerprint density at radius 3 is 2.46 bits per heavy atom. The number of amides is 2. The minimum Gasteiger partial charge on any atom is -0.396 e. The van der Waals surface area contributed by atoms with Crippen LogP contribution in [0.2, 0.25) is 0 Å². The number of rotatable bonds is 3. The number of nitrogens with zero attached hydrogens (tertiary/aromatic N) is 2. The molecule has 1 unspecified atom stereocenters. The normalized spacial score (nSPS) is 22.3. The summed E-state index contributed by atoms with van der Waals surface area (Å²) in [5.74, 6) is -3.10. The summed E-state index contributed by atoms with van der Waals surface area (Å²) in [6.07, 6.45) is 1.84. The molecule has 2 fully saturated rings. The van der Waals surface area contributed by atoms with Gasteiger partial charge in [-0.25, -0.2) is 8.78 Å². The zero-order valence-electron chi connectivity index (χ0n) is 13.3. The first-order valence-corrected chi connectivity index (χ1v) is 8.17. The van der Waals surface area contributed by atoms with Crippen LogP contribution in [0.5, 0.6) is 0 Å². The van der Waals surface area contributed by atoms with Gasteiger partial charge in [0.1, 0.15) is 5.92 Å². The number of piperidine rings is 1. The number of carbonyl (C=O) groups excluding carboxylic acids is 2. The van der Waals surface area contributed by atoms with Gasteiger partial charge >= 0.3 is 0 Å². The van der Waals surface area contributed by atoms with Gasteiger partial charge in [-0.2, -0.15) is 0 Å². The quantitative estimate of drug-likeness (QED) is 0.851. The van der Waals surface area contributed by atoms with Crippen molar-refractivity contribution in [1.82, 2.24) is 4.90 Å². The van der Waals surface area contributed by atoms with Crippen LogP contribution in [-0.2, 0) is 9.59 Å². The van der Waals surface area contributed by atoms with E-state index in [1.807, 2.05) is 0 Å². The molecule has 1 aromatic carbocycles. The molecule has 2 aliphatic rings. The van der Waals surface area contributed by atoms with E-state index in [2.05, 4.69) is 0 Å². The molecule has 2 aliphatic heterocycles. The fourth-order valence-electron chi connectivity index (χ4n) is 3.37. The fourth-order valence-corrected chi connectivity index (χ4v) is 3.37. The van der Waals surface area contributed by atoms with E-state index in [4.69, 9.17) is 5.11 Å². The molecule has 1 N–H and O–H groups in total. The molecule has 0 spiro atoms. The molecule has 2 saturated heterocycles. The van der Waals surface area contributed by atoms with Crippen molar-refractivity contribution in [1.29, 1.82) is 0 Å². The Kier molecular flexibility index (Phi) is 4.80. The third-order valence-electron chi connectivity index (χ3n) is 4.90. The molecule has 130 valence electrons. The summed E-state index contributed by atoms with van der Waals surface area (Å²) in [5.41, 5.74) is 0.271. The monoisotopic (exact) mass is 338 g/mol. The topological polar surface area (TPSA) is 60.9 Å². The van der Waals surface area contributed by atoms with Crippen LogP contribution in [-0.4, -0.2) is 48.1 Å². The molecule has 0 radical (unpaired) electrons. The van der Waals surface area contributed by atoms with E-state index in [1.165, 1.54) is 11.0 Å². The Balaban J connectivity index is 1.67. The summed E-state index contributed by atoms with van der Waals surface area (Å²) in [4.78, 5) is 28.1. The first-order valence-electron chi connectivity index (χ1n) is 8.17. The first kappa shape index (κ1) is 16.8. The number of aliphatic hydroxyl groups is 1. The lowest BCUT2D eigenvalue weighted by Gasteiger charge is -2.32. The minimum atomic E-state index is -1.01. The standard InChI is InChI=1S/C17H20F2N2O3/c18-14-2-1-12(9-15(14)19)21-8-5-13(17(21)24)16(23)20-6-3-11(10-22)4-7-20/h1-2,9,11,13,22H,3-8,10H2. The average Bonchev–Trinajstić information content (AvgIpc) is 2.98. The maximum absolute atomic E-state index is 13.4. The number of benzene rings is 1. The van der Waals surface area contributed by atoms with E-state index in [1.54, 1.807) is 4.90 Å². The zero-order chi connectivity index (χ0) is 17.3. The molecule has 7 heteroatoms. The summed E-state index contributed by atoms with van der Waals surface area (Å²) in [5, 5.41) is 9.15. The molecule has 0 aromatic heterocycles. The number of hydrogen-bond donors (Lipinski definition) is 1. The van der Waals surface area contributed by atoms with Crippen molar-refractivity contribution in [3.63, 3.8) is 0 Å². The highest BCUT2D eigenvalue weighted by Gasteiger charge is 2.40. The Hall–Kier alpha value is -2.02. The van der Waals surface area contributed by atoms with Gasteiger partial charge in [-0.15, -0.1) is 0 Å². The summed E-state index contributed by atoms with van der Waals surface area (Å²) < 4.78 is 26.4. The molecule has 24 heavy (non-hydrogen) atoms. The van der Waals surface area contributed by atoms with E-state index in [9.17, 15) is 18.4 Å². The number of likely N-dealkylation sites (tertiary alicyclic amines) is 1. The van der Waals surface area contributed by atoms with Gasteiger partial charge in [0.05, 0.1) is 0 Å². The number of hydrogen-bond acceptors (Lipinski definition) is 3. The van der Waals surface area contributed by atoms with Gasteiger partial charge in [0, 0.05) is 38.0 Å². The third-order valence-corrected chi connectivity index (χ3v) is 4.90. The second-order valence-corrected chi connectivity index (χ2v) is 6.38. The summed E-state index contributed by atoms with van der Waals surface area (Å²) >= 11 is 0. The van der Waals surface area contributed by atoms with Crippen LogP contribution in [0, 0.1) is 23.5 Å². The Labute approximate surface area is 138 Å². The number of aliphatic hydroxyl groups excluding tert-OH is 1. The van der Waals surface area contributed by atoms with Crippen molar-refractivity contribution in [2.75, 3.05) is 31.1 Å². The number of halogens is 2. The SMILES string of the molecule is O=C(C1CCN(c2ccc(F)c(F)c2)C1=O)N1CCC(CO)CC1. The second-order valence-electron chi connectivity index (χ2n) is 6.38. The molecule has 2 amide bonds. The van der Waals surface area contributed by atoms with Crippen LogP contribution in [0.3, 0.4) is 0 Å². The van der Waals surface area contributed by atoms with Gasteiger partial charge in [0.2, 0.25) is 11.8 Å². The highest BCUT2D eigenvalue weighted by atomic mass is 19.2. The van der Waals surface area contributed by atoms with Crippen LogP contribution in [0.1, 0.15) is 19.3 Å². The van der Waals surface area contributed by atoms with Crippen molar-refractivity contribution in [3.8, 4) is 0 Å². The van der Waals surface area contributed by atoms with Crippen molar-refractivity contribution in [3.05, 3.63) is 29.8 Å². The van der Waals surface area contributed by atoms with E-state index in [-0.39, 0.29) is 30.0 Å². The van der Waals surface area contributed by atoms with Gasteiger partial charge in [0.25, 0.3) is 0 Å². The van der Waals surface area contributed by atoms with Crippen molar-refractivity contribution < 1.29 is 23.5 Å². The predicted octanol–water partition coefficient (Wildman–Crippen LogP) is 1.55. The molecule has 2 heterocycles. The molecule has 0 bridgehead atoms. The number of anilines is 1. The molecule has 3 rings (SSSR count). The van der Waals surface area contributed by atoms with Gasteiger partial charge in [-0.1, -0.05) is 0 Å². The highest BCUT2D eigenvalue weighted by molar-refractivity contribution is 6.09. The third kappa shape index (κ3) is 3.13. The molecular weight excluding hydrogens is 318 g/mol. The van der Waals surface area contributed by atoms with Gasteiger partial charge in [-0.3, -0.25) is 9.59 Å². The highest BCUT2D eigenvalue weighted by Crippen LogP contribution is 2.29. The molecular formula is C17H20F2N2O3. The Morgan fingerprint density at radius 1 is 1.12 bits per heavy atom. The maximum Gasteiger partial charge on any atom is 0.239 e. The van der Waals surface area contributed by atoms with Crippen molar-refractivity contribution >= 4 is 17.5 Å². The van der Waals surface area contributed by atoms with Gasteiger partial charge in [-0.05, 0) is 37.3 Å². The zero-order valence-corrected chi connectivity index (χ0v) is 13.3. The Morgan fingerprint density at radius 2 is 1.83 bits per heavy atom. The summed E-state index contributed by atoms with van der Waals surface area (Å²) in [6, 6.07) is 3.30. The van der Waals surface area contributed by atoms with Crippen LogP contribution < -0.4 is 4.90 Å². The smallest absolute Gasteiger partial charge is 0.239 e. The van der Waals surface area contributed by atoms with Gasteiger partial charge in [0.15, 0.2) is 11.6 Å². The average molecular weight is 338 g/mol. The van der Waals surface area contributed by atoms with E-state index in [0.29, 0.717) is 26.1 Å². The molecule has 5 nitrogen and oxygen atoms in total. The van der Waals surface area contributed by atoms with Crippen LogP contribution >= 0.6 is 0 Å². The van der Waals surface area contributed by atoms with Crippen LogP contribution in [0.15, 0.2) is 18.2 Å². The first-order chi connectivity index (χ1) is 11.5. The van der Waals surface area contributed by atoms with Crippen molar-refractivity contribution in [2.45, 2.75) is 19.3 Å². The van der Waals surface area contributed by atoms with E-state index in [0.717, 1.165) is 25.0 Å². The predicted molar refractivity (Wildman–Crippen MR) is 83.2 cm³/mol. The molecule has 0 aliphatic carbocycles. The van der Waals surface area contributed by atoms with Crippen LogP contribution in [0.25, 0.3) is 0 Å². The summed E-state index contributed by atoms with van der Waals surface area (Å²) in [7, 11) is 0.